The zero-order chi connectivity index (χ0) is 16.5. The van der Waals surface area contributed by atoms with Gasteiger partial charge in [0.2, 0.25) is 0 Å². The van der Waals surface area contributed by atoms with Crippen molar-refractivity contribution in [2.24, 2.45) is 11.8 Å². The highest BCUT2D eigenvalue weighted by Gasteiger charge is 2.20. The smallest absolute Gasteiger partial charge is 0.0386 e. The first-order valence-corrected chi connectivity index (χ1v) is 10.8. The summed E-state index contributed by atoms with van der Waals surface area (Å²) in [5.74, 6) is 2.07. The Balaban J connectivity index is 4.42. The van der Waals surface area contributed by atoms with Crippen molar-refractivity contribution in [3.05, 3.63) is 0 Å². The molecule has 0 saturated heterocycles. The van der Waals surface area contributed by atoms with E-state index in [1.165, 1.54) is 103 Å². The summed E-state index contributed by atoms with van der Waals surface area (Å²) in [4.78, 5) is 0. The molecule has 0 aliphatic carbocycles. The van der Waals surface area contributed by atoms with Crippen LogP contribution in [-0.4, -0.2) is 0 Å². The fourth-order valence-corrected chi connectivity index (χ4v) is 3.86. The topological polar surface area (TPSA) is 0 Å². The van der Waals surface area contributed by atoms with E-state index in [9.17, 15) is 0 Å². The first-order chi connectivity index (χ1) is 10.8. The summed E-state index contributed by atoms with van der Waals surface area (Å²) in [5, 5.41) is 0. The lowest BCUT2D eigenvalue weighted by atomic mass is 9.78. The molecule has 0 nitrogen and oxygen atoms in total. The highest BCUT2D eigenvalue weighted by molar-refractivity contribution is 4.72. The van der Waals surface area contributed by atoms with E-state index in [1.54, 1.807) is 0 Å². The maximum atomic E-state index is 2.34. The Hall–Kier alpha value is 0. The quantitative estimate of drug-likeness (QED) is 0.236. The summed E-state index contributed by atoms with van der Waals surface area (Å²) in [6.07, 6.45) is 23.2. The molecule has 0 aromatic carbocycles. The second-order valence-electron chi connectivity index (χ2n) is 7.50. The molecule has 0 rings (SSSR count). The molecule has 0 N–H and O–H groups in total. The largest absolute Gasteiger partial charge is 0.0654 e. The standard InChI is InChI=1S/C22H46/c1-5-9-13-17-21(18-14-10-6-2)22(19-15-11-7-3)20-16-12-8-4/h21-22H,5-20H2,1-4H3. The van der Waals surface area contributed by atoms with Crippen molar-refractivity contribution in [1.82, 2.24) is 0 Å². The van der Waals surface area contributed by atoms with Gasteiger partial charge >= 0.3 is 0 Å². The van der Waals surface area contributed by atoms with E-state index in [4.69, 9.17) is 0 Å². The van der Waals surface area contributed by atoms with Gasteiger partial charge in [-0.25, -0.2) is 0 Å². The van der Waals surface area contributed by atoms with Crippen LogP contribution in [0, 0.1) is 11.8 Å². The molecule has 134 valence electrons. The Morgan fingerprint density at radius 2 is 0.591 bits per heavy atom. The summed E-state index contributed by atoms with van der Waals surface area (Å²) in [6, 6.07) is 0. The summed E-state index contributed by atoms with van der Waals surface area (Å²) in [6.45, 7) is 9.36. The van der Waals surface area contributed by atoms with E-state index in [-0.39, 0.29) is 0 Å². The van der Waals surface area contributed by atoms with Crippen molar-refractivity contribution in [2.75, 3.05) is 0 Å². The van der Waals surface area contributed by atoms with E-state index < -0.39 is 0 Å². The molecule has 0 spiro atoms. The zero-order valence-electron chi connectivity index (χ0n) is 16.5. The van der Waals surface area contributed by atoms with Crippen molar-refractivity contribution < 1.29 is 0 Å². The first kappa shape index (κ1) is 22.0. The Kier molecular flexibility index (Phi) is 17.4. The minimum absolute atomic E-state index is 1.03. The molecular formula is C22H46. The van der Waals surface area contributed by atoms with Gasteiger partial charge in [-0.15, -0.1) is 0 Å². The third-order valence-electron chi connectivity index (χ3n) is 5.38. The van der Waals surface area contributed by atoms with Crippen LogP contribution < -0.4 is 0 Å². The van der Waals surface area contributed by atoms with Crippen molar-refractivity contribution in [3.63, 3.8) is 0 Å². The van der Waals surface area contributed by atoms with E-state index in [0.29, 0.717) is 0 Å². The van der Waals surface area contributed by atoms with Gasteiger partial charge in [-0.3, -0.25) is 0 Å². The average molecular weight is 311 g/mol. The van der Waals surface area contributed by atoms with Crippen LogP contribution in [0.25, 0.3) is 0 Å². The normalized spacial score (nSPS) is 11.7. The van der Waals surface area contributed by atoms with Crippen molar-refractivity contribution in [3.8, 4) is 0 Å². The molecule has 0 radical (unpaired) electrons. The second kappa shape index (κ2) is 17.4. The van der Waals surface area contributed by atoms with E-state index in [1.807, 2.05) is 0 Å². The number of hydrogen-bond acceptors (Lipinski definition) is 0. The van der Waals surface area contributed by atoms with Gasteiger partial charge in [-0.2, -0.15) is 0 Å². The predicted molar refractivity (Wildman–Crippen MR) is 104 cm³/mol. The predicted octanol–water partition coefficient (Wildman–Crippen LogP) is 8.54. The molecule has 0 fully saturated rings. The molecule has 0 aromatic heterocycles. The molecule has 0 aliphatic rings. The van der Waals surface area contributed by atoms with Gasteiger partial charge in [0.05, 0.1) is 0 Å². The molecule has 0 bridgehead atoms. The Labute approximate surface area is 142 Å². The van der Waals surface area contributed by atoms with Crippen molar-refractivity contribution in [1.29, 1.82) is 0 Å². The van der Waals surface area contributed by atoms with Gasteiger partial charge in [0.25, 0.3) is 0 Å². The van der Waals surface area contributed by atoms with Gasteiger partial charge in [0.15, 0.2) is 0 Å². The maximum absolute atomic E-state index is 2.34. The van der Waals surface area contributed by atoms with Crippen molar-refractivity contribution >= 4 is 0 Å². The van der Waals surface area contributed by atoms with Crippen LogP contribution in [-0.2, 0) is 0 Å². The van der Waals surface area contributed by atoms with Gasteiger partial charge in [0.1, 0.15) is 0 Å². The van der Waals surface area contributed by atoms with Crippen LogP contribution >= 0.6 is 0 Å². The van der Waals surface area contributed by atoms with E-state index >= 15 is 0 Å². The molecule has 0 saturated carbocycles. The molecule has 0 heteroatoms. The first-order valence-electron chi connectivity index (χ1n) is 10.8. The van der Waals surface area contributed by atoms with Gasteiger partial charge < -0.3 is 0 Å². The van der Waals surface area contributed by atoms with E-state index in [0.717, 1.165) is 11.8 Å². The molecule has 0 heterocycles. The fraction of sp³-hybridized carbons (Fsp3) is 1.00. The summed E-state index contributed by atoms with van der Waals surface area (Å²) >= 11 is 0. The number of rotatable bonds is 17. The molecular weight excluding hydrogens is 264 g/mol. The SMILES string of the molecule is CCCCCC(CCCCC)C(CCCCC)CCCCC. The third-order valence-corrected chi connectivity index (χ3v) is 5.38. The van der Waals surface area contributed by atoms with Crippen LogP contribution in [0.4, 0.5) is 0 Å². The molecule has 0 atom stereocenters. The Morgan fingerprint density at radius 1 is 0.364 bits per heavy atom. The molecule has 22 heavy (non-hydrogen) atoms. The highest BCUT2D eigenvalue weighted by atomic mass is 14.3. The van der Waals surface area contributed by atoms with Crippen molar-refractivity contribution in [2.45, 2.75) is 130 Å². The third kappa shape index (κ3) is 12.5. The minimum atomic E-state index is 1.03. The van der Waals surface area contributed by atoms with Crippen LogP contribution in [0.5, 0.6) is 0 Å². The molecule has 0 aromatic rings. The number of unbranched alkanes of at least 4 members (excludes halogenated alkanes) is 8. The summed E-state index contributed by atoms with van der Waals surface area (Å²) < 4.78 is 0. The maximum Gasteiger partial charge on any atom is -0.0386 e. The minimum Gasteiger partial charge on any atom is -0.0654 e. The Bertz CT molecular complexity index is 154. The summed E-state index contributed by atoms with van der Waals surface area (Å²) in [5.41, 5.74) is 0. The molecule has 0 amide bonds. The average Bonchev–Trinajstić information content (AvgIpc) is 2.53. The fourth-order valence-electron chi connectivity index (χ4n) is 3.86. The van der Waals surface area contributed by atoms with Crippen LogP contribution in [0.2, 0.25) is 0 Å². The van der Waals surface area contributed by atoms with Crippen LogP contribution in [0.3, 0.4) is 0 Å². The van der Waals surface area contributed by atoms with Crippen LogP contribution in [0.1, 0.15) is 130 Å². The van der Waals surface area contributed by atoms with Gasteiger partial charge in [-0.05, 0) is 11.8 Å². The Morgan fingerprint density at radius 3 is 0.773 bits per heavy atom. The molecule has 0 aliphatic heterocycles. The highest BCUT2D eigenvalue weighted by Crippen LogP contribution is 2.33. The van der Waals surface area contributed by atoms with Gasteiger partial charge in [-0.1, -0.05) is 130 Å². The van der Waals surface area contributed by atoms with E-state index in [2.05, 4.69) is 27.7 Å². The second-order valence-corrected chi connectivity index (χ2v) is 7.50. The van der Waals surface area contributed by atoms with Crippen LogP contribution in [0.15, 0.2) is 0 Å². The summed E-state index contributed by atoms with van der Waals surface area (Å²) in [7, 11) is 0. The molecule has 0 unspecified atom stereocenters. The zero-order valence-corrected chi connectivity index (χ0v) is 16.5. The lowest BCUT2D eigenvalue weighted by Crippen LogP contribution is -2.16. The monoisotopic (exact) mass is 310 g/mol. The van der Waals surface area contributed by atoms with Gasteiger partial charge in [0, 0.05) is 0 Å². The lowest BCUT2D eigenvalue weighted by molar-refractivity contribution is 0.238. The number of hydrogen-bond donors (Lipinski definition) is 0. The lowest BCUT2D eigenvalue weighted by Gasteiger charge is -2.28.